The van der Waals surface area contributed by atoms with E-state index in [0.29, 0.717) is 0 Å². The van der Waals surface area contributed by atoms with Gasteiger partial charge in [0.2, 0.25) is 0 Å². The summed E-state index contributed by atoms with van der Waals surface area (Å²) in [5.41, 5.74) is 0. The van der Waals surface area contributed by atoms with Crippen LogP contribution in [0.25, 0.3) is 0 Å². The van der Waals surface area contributed by atoms with Crippen LogP contribution in [-0.4, -0.2) is 64.8 Å². The number of rotatable bonds is 6. The molecule has 0 unspecified atom stereocenters. The molecule has 160 valence electrons. The van der Waals surface area contributed by atoms with Crippen LogP contribution >= 0.6 is 0 Å². The summed E-state index contributed by atoms with van der Waals surface area (Å²) >= 11 is 0. The van der Waals surface area contributed by atoms with Crippen LogP contribution in [0.3, 0.4) is 0 Å². The summed E-state index contributed by atoms with van der Waals surface area (Å²) in [7, 11) is 0. The van der Waals surface area contributed by atoms with Crippen molar-refractivity contribution in [2.45, 2.75) is 41.7 Å². The summed E-state index contributed by atoms with van der Waals surface area (Å²) in [5.74, 6) is -49.4. The molecule has 0 aliphatic rings. The Kier molecular flexibility index (Phi) is 9.47. The first-order chi connectivity index (χ1) is 10.4. The van der Waals surface area contributed by atoms with E-state index in [1.807, 2.05) is 0 Å². The van der Waals surface area contributed by atoms with E-state index in [1.165, 1.54) is 0 Å². The average molecular weight is 523 g/mol. The molecule has 0 radical (unpaired) electrons. The molecule has 0 bridgehead atoms. The van der Waals surface area contributed by atoms with E-state index in [0.717, 1.165) is 0 Å². The minimum atomic E-state index is -8.55. The van der Waals surface area contributed by atoms with Gasteiger partial charge in [-0.05, 0) is 0 Å². The maximum atomic E-state index is 12.7. The monoisotopic (exact) mass is 522 g/mol. The molecule has 0 aromatic rings. The average Bonchev–Trinajstić information content (AvgIpc) is 2.35. The molecule has 0 aliphatic carbocycles. The van der Waals surface area contributed by atoms with E-state index in [2.05, 4.69) is 0 Å². The Morgan fingerprint density at radius 1 is 0.407 bits per heavy atom. The Balaban J connectivity index is -0.00000288. The fourth-order valence-electron chi connectivity index (χ4n) is 1.09. The third-order valence-corrected chi connectivity index (χ3v) is 2.57. The van der Waals surface area contributed by atoms with Gasteiger partial charge in [0.15, 0.2) is 0 Å². The molecule has 0 saturated heterocycles. The van der Waals surface area contributed by atoms with E-state index in [9.17, 15) is 74.6 Å². The van der Waals surface area contributed by atoms with E-state index >= 15 is 0 Å². The maximum Gasteiger partial charge on any atom is 2.00 e. The molecule has 0 spiro atoms. The van der Waals surface area contributed by atoms with Gasteiger partial charge in [0.05, 0.1) is 6.43 Å². The van der Waals surface area contributed by atoms with Crippen molar-refractivity contribution < 1.29 is 91.6 Å². The number of hydrogen-bond donors (Lipinski definition) is 0. The first-order valence-corrected chi connectivity index (χ1v) is 4.96. The standard InChI is InChI=1S/C8F17.BrH.Mg/c9-1(10)2(11,12)3(13,14)4(15,16)5(17,18)6(19,20)7(21,22)8(23,24)25;;/h;1H;/q-1;;+2/p-1. The molecule has 0 heterocycles. The van der Waals surface area contributed by atoms with Crippen LogP contribution in [0.4, 0.5) is 74.6 Å². The van der Waals surface area contributed by atoms with Crippen LogP contribution < -0.4 is 17.0 Å². The van der Waals surface area contributed by atoms with E-state index in [1.54, 1.807) is 0 Å². The van der Waals surface area contributed by atoms with Crippen LogP contribution in [0.5, 0.6) is 0 Å². The molecule has 0 fully saturated rings. The zero-order valence-electron chi connectivity index (χ0n) is 11.5. The number of hydrogen-bond acceptors (Lipinski definition) is 0. The van der Waals surface area contributed by atoms with Gasteiger partial charge in [0, 0.05) is 0 Å². The van der Waals surface area contributed by atoms with E-state index in [-0.39, 0.29) is 40.0 Å². The van der Waals surface area contributed by atoms with Gasteiger partial charge in [0.1, 0.15) is 0 Å². The molecule has 0 amide bonds. The third-order valence-electron chi connectivity index (χ3n) is 2.57. The molecule has 0 aliphatic heterocycles. The van der Waals surface area contributed by atoms with Crippen molar-refractivity contribution in [2.75, 3.05) is 0 Å². The van der Waals surface area contributed by atoms with Crippen LogP contribution in [0.1, 0.15) is 0 Å². The molecular formula is C8BrF17Mg. The maximum absolute atomic E-state index is 12.7. The Bertz CT molecular complexity index is 494. The SMILES string of the molecule is F[C-](F)C(F)(F)C(F)(F)C(F)(F)C(F)(F)C(F)(F)C(F)(F)C(F)(F)F.[Br-].[Mg+2]. The smallest absolute Gasteiger partial charge is 1.00 e. The molecule has 0 nitrogen and oxygen atoms in total. The van der Waals surface area contributed by atoms with Crippen molar-refractivity contribution in [3.8, 4) is 0 Å². The minimum absolute atomic E-state index is 0. The van der Waals surface area contributed by atoms with Crippen molar-refractivity contribution in [1.82, 2.24) is 0 Å². The van der Waals surface area contributed by atoms with Gasteiger partial charge in [-0.15, -0.1) is 0 Å². The van der Waals surface area contributed by atoms with Gasteiger partial charge in [-0.3, -0.25) is 0 Å². The predicted molar refractivity (Wildman–Crippen MR) is 46.9 cm³/mol. The Labute approximate surface area is 163 Å². The Morgan fingerprint density at radius 3 is 0.852 bits per heavy atom. The van der Waals surface area contributed by atoms with E-state index in [4.69, 9.17) is 0 Å². The minimum Gasteiger partial charge on any atom is -1.00 e. The predicted octanol–water partition coefficient (Wildman–Crippen LogP) is 2.41. The molecule has 0 atom stereocenters. The molecule has 19 heteroatoms. The zero-order chi connectivity index (χ0) is 21.1. The van der Waals surface area contributed by atoms with Gasteiger partial charge in [-0.2, -0.15) is 57.1 Å². The van der Waals surface area contributed by atoms with Gasteiger partial charge in [0.25, 0.3) is 5.92 Å². The molecular weight excluding hydrogens is 523 g/mol. The fraction of sp³-hybridized carbons (Fsp3) is 0.875. The van der Waals surface area contributed by atoms with Crippen molar-refractivity contribution in [3.63, 3.8) is 0 Å². The largest absolute Gasteiger partial charge is 2.00 e. The topological polar surface area (TPSA) is 0 Å². The van der Waals surface area contributed by atoms with Crippen LogP contribution in [0, 0.1) is 6.43 Å². The van der Waals surface area contributed by atoms with Crippen molar-refractivity contribution in [3.05, 3.63) is 6.43 Å². The Morgan fingerprint density at radius 2 is 0.630 bits per heavy atom. The second kappa shape index (κ2) is 8.06. The van der Waals surface area contributed by atoms with Crippen molar-refractivity contribution in [2.24, 2.45) is 0 Å². The summed E-state index contributed by atoms with van der Waals surface area (Å²) in [6.45, 7) is 0. The first-order valence-electron chi connectivity index (χ1n) is 4.96. The van der Waals surface area contributed by atoms with Gasteiger partial charge < -0.3 is 25.8 Å². The molecule has 27 heavy (non-hydrogen) atoms. The number of halogens is 18. The summed E-state index contributed by atoms with van der Waals surface area (Å²) < 4.78 is 209. The summed E-state index contributed by atoms with van der Waals surface area (Å²) in [6.07, 6.45) is -12.8. The summed E-state index contributed by atoms with van der Waals surface area (Å²) in [6, 6.07) is 0. The Hall–Kier alpha value is 0.0562. The van der Waals surface area contributed by atoms with Crippen molar-refractivity contribution in [1.29, 1.82) is 0 Å². The zero-order valence-corrected chi connectivity index (χ0v) is 14.5. The van der Waals surface area contributed by atoms with E-state index < -0.39 is 48.1 Å². The normalized spacial score (nSPS) is 15.3. The second-order valence-corrected chi connectivity index (χ2v) is 4.20. The third kappa shape index (κ3) is 4.18. The molecule has 0 rings (SSSR count). The van der Waals surface area contributed by atoms with Gasteiger partial charge >= 0.3 is 58.8 Å². The fourth-order valence-corrected chi connectivity index (χ4v) is 1.09. The molecule has 0 aromatic carbocycles. The first kappa shape index (κ1) is 31.7. The van der Waals surface area contributed by atoms with Crippen molar-refractivity contribution >= 4 is 23.1 Å². The van der Waals surface area contributed by atoms with Crippen LogP contribution in [0.15, 0.2) is 0 Å². The molecule has 0 saturated carbocycles. The molecule has 0 N–H and O–H groups in total. The summed E-state index contributed by atoms with van der Waals surface area (Å²) in [5, 5.41) is 0. The molecule has 0 aromatic heterocycles. The van der Waals surface area contributed by atoms with Crippen LogP contribution in [0.2, 0.25) is 0 Å². The van der Waals surface area contributed by atoms with Gasteiger partial charge in [-0.25, -0.2) is 8.78 Å². The van der Waals surface area contributed by atoms with Crippen LogP contribution in [-0.2, 0) is 0 Å². The van der Waals surface area contributed by atoms with Gasteiger partial charge in [-0.1, -0.05) is 0 Å². The quantitative estimate of drug-likeness (QED) is 0.285. The number of alkyl halides is 15. The summed E-state index contributed by atoms with van der Waals surface area (Å²) in [4.78, 5) is 0. The second-order valence-electron chi connectivity index (χ2n) is 4.20.